The Balaban J connectivity index is 3.03. The van der Waals surface area contributed by atoms with Crippen LogP contribution in [0, 0.1) is 0 Å². The van der Waals surface area contributed by atoms with Gasteiger partial charge in [-0.25, -0.2) is 0 Å². The van der Waals surface area contributed by atoms with Crippen molar-refractivity contribution in [2.75, 3.05) is 14.1 Å². The Hall–Kier alpha value is -0.170. The third-order valence-electron chi connectivity index (χ3n) is 0.354. The molecule has 36 valence electrons. The van der Waals surface area contributed by atoms with Gasteiger partial charge in [0.2, 0.25) is 0 Å². The van der Waals surface area contributed by atoms with Crippen LogP contribution >= 0.6 is 11.6 Å². The lowest BCUT2D eigenvalue weighted by molar-refractivity contribution is 0.565. The van der Waals surface area contributed by atoms with E-state index in [1.165, 1.54) is 5.54 Å². The molecule has 0 aromatic rings. The first-order valence-corrected chi connectivity index (χ1v) is 2.14. The van der Waals surface area contributed by atoms with E-state index in [0.29, 0.717) is 0 Å². The average Bonchev–Trinajstić information content (AvgIpc) is 1.35. The van der Waals surface area contributed by atoms with E-state index in [1.54, 1.807) is 6.20 Å². The quantitative estimate of drug-likeness (QED) is 0.485. The van der Waals surface area contributed by atoms with Gasteiger partial charge in [-0.1, -0.05) is 11.6 Å². The summed E-state index contributed by atoms with van der Waals surface area (Å²) in [5.41, 5.74) is 1.47. The smallest absolute Gasteiger partial charge is 0.0201 e. The molecule has 0 saturated heterocycles. The summed E-state index contributed by atoms with van der Waals surface area (Å²) < 4.78 is 0. The van der Waals surface area contributed by atoms with Crippen molar-refractivity contribution < 1.29 is 0 Å². The van der Waals surface area contributed by atoms with Gasteiger partial charge >= 0.3 is 0 Å². The fourth-order valence-electron chi connectivity index (χ4n) is 0.113. The summed E-state index contributed by atoms with van der Waals surface area (Å²) in [5, 5.41) is 0. The zero-order valence-corrected chi connectivity index (χ0v) is 4.74. The standard InChI is InChI=1S/C4H8ClN/c1-6(2)4-3-5/h3-4H,1-2H3. The van der Waals surface area contributed by atoms with Crippen molar-refractivity contribution in [2.45, 2.75) is 0 Å². The molecule has 0 radical (unpaired) electrons. The van der Waals surface area contributed by atoms with Crippen molar-refractivity contribution in [3.8, 4) is 0 Å². The van der Waals surface area contributed by atoms with Gasteiger partial charge in [0.05, 0.1) is 0 Å². The minimum Gasteiger partial charge on any atom is -0.383 e. The lowest BCUT2D eigenvalue weighted by atomic mass is 10.9. The van der Waals surface area contributed by atoms with Crippen LogP contribution in [0.2, 0.25) is 0 Å². The highest BCUT2D eigenvalue weighted by molar-refractivity contribution is 6.25. The SMILES string of the molecule is CN(C)C=CCl. The predicted octanol–water partition coefficient (Wildman–Crippen LogP) is 1.26. The Morgan fingerprint density at radius 2 is 2.00 bits per heavy atom. The van der Waals surface area contributed by atoms with Crippen LogP contribution in [0.1, 0.15) is 0 Å². The van der Waals surface area contributed by atoms with Crippen LogP contribution in [0.4, 0.5) is 0 Å². The molecule has 0 aliphatic heterocycles. The molecule has 0 aliphatic rings. The fourth-order valence-corrected chi connectivity index (χ4v) is 0.338. The van der Waals surface area contributed by atoms with Crippen LogP contribution < -0.4 is 0 Å². The number of rotatable bonds is 1. The molecule has 2 heteroatoms. The maximum absolute atomic E-state index is 5.17. The van der Waals surface area contributed by atoms with E-state index >= 15 is 0 Å². The number of hydrogen-bond acceptors (Lipinski definition) is 1. The van der Waals surface area contributed by atoms with Crippen molar-refractivity contribution in [2.24, 2.45) is 0 Å². The lowest BCUT2D eigenvalue weighted by Crippen LogP contribution is -1.98. The molecular formula is C4H8ClN. The summed E-state index contributed by atoms with van der Waals surface area (Å²) >= 11 is 5.17. The molecule has 1 nitrogen and oxygen atoms in total. The largest absolute Gasteiger partial charge is 0.383 e. The summed E-state index contributed by atoms with van der Waals surface area (Å²) in [7, 11) is 3.83. The van der Waals surface area contributed by atoms with Gasteiger partial charge in [0, 0.05) is 25.8 Å². The van der Waals surface area contributed by atoms with E-state index in [-0.39, 0.29) is 0 Å². The van der Waals surface area contributed by atoms with Crippen molar-refractivity contribution in [3.63, 3.8) is 0 Å². The first-order chi connectivity index (χ1) is 2.77. The van der Waals surface area contributed by atoms with Crippen LogP contribution in [0.5, 0.6) is 0 Å². The Morgan fingerprint density at radius 1 is 1.50 bits per heavy atom. The first-order valence-electron chi connectivity index (χ1n) is 1.70. The number of nitrogens with zero attached hydrogens (tertiary/aromatic N) is 1. The molecular weight excluding hydrogens is 97.5 g/mol. The maximum atomic E-state index is 5.17. The van der Waals surface area contributed by atoms with E-state index in [9.17, 15) is 0 Å². The molecule has 0 fully saturated rings. The van der Waals surface area contributed by atoms with Crippen LogP contribution in [0.15, 0.2) is 11.7 Å². The van der Waals surface area contributed by atoms with Gasteiger partial charge in [0.1, 0.15) is 0 Å². The minimum absolute atomic E-state index is 1.47. The van der Waals surface area contributed by atoms with E-state index in [0.717, 1.165) is 0 Å². The normalized spacial score (nSPS) is 9.83. The molecule has 0 spiro atoms. The topological polar surface area (TPSA) is 3.24 Å². The molecule has 0 atom stereocenters. The first kappa shape index (κ1) is 5.83. The Labute approximate surface area is 43.2 Å². The van der Waals surface area contributed by atoms with Crippen molar-refractivity contribution in [3.05, 3.63) is 11.7 Å². The van der Waals surface area contributed by atoms with Crippen LogP contribution in [-0.2, 0) is 0 Å². The third kappa shape index (κ3) is 3.83. The monoisotopic (exact) mass is 105 g/mol. The summed E-state index contributed by atoms with van der Waals surface area (Å²) in [5.74, 6) is 0. The molecule has 0 unspecified atom stereocenters. The van der Waals surface area contributed by atoms with E-state index in [2.05, 4.69) is 0 Å². The Morgan fingerprint density at radius 3 is 2.00 bits per heavy atom. The van der Waals surface area contributed by atoms with Crippen molar-refractivity contribution in [1.29, 1.82) is 0 Å². The van der Waals surface area contributed by atoms with Gasteiger partial charge in [0.15, 0.2) is 0 Å². The zero-order chi connectivity index (χ0) is 4.99. The molecule has 0 saturated carbocycles. The maximum Gasteiger partial charge on any atom is 0.0201 e. The van der Waals surface area contributed by atoms with Crippen molar-refractivity contribution >= 4 is 11.6 Å². The van der Waals surface area contributed by atoms with Gasteiger partial charge in [-0.2, -0.15) is 0 Å². The summed E-state index contributed by atoms with van der Waals surface area (Å²) in [4.78, 5) is 1.87. The molecule has 0 bridgehead atoms. The van der Waals surface area contributed by atoms with Crippen molar-refractivity contribution in [1.82, 2.24) is 4.90 Å². The van der Waals surface area contributed by atoms with Crippen LogP contribution in [0.25, 0.3) is 0 Å². The predicted molar refractivity (Wildman–Crippen MR) is 28.7 cm³/mol. The molecule has 0 aromatic heterocycles. The minimum atomic E-state index is 1.47. The zero-order valence-electron chi connectivity index (χ0n) is 3.98. The van der Waals surface area contributed by atoms with Crippen LogP contribution in [-0.4, -0.2) is 19.0 Å². The summed E-state index contributed by atoms with van der Waals surface area (Å²) in [6, 6.07) is 0. The van der Waals surface area contributed by atoms with Gasteiger partial charge in [0.25, 0.3) is 0 Å². The third-order valence-corrected chi connectivity index (χ3v) is 0.467. The highest BCUT2D eigenvalue weighted by Crippen LogP contribution is 1.78. The molecule has 0 rings (SSSR count). The molecule has 0 amide bonds. The van der Waals surface area contributed by atoms with E-state index < -0.39 is 0 Å². The fraction of sp³-hybridized carbons (Fsp3) is 0.500. The highest BCUT2D eigenvalue weighted by Gasteiger charge is 1.67. The van der Waals surface area contributed by atoms with Crippen LogP contribution in [0.3, 0.4) is 0 Å². The molecule has 0 aliphatic carbocycles. The number of halogens is 1. The van der Waals surface area contributed by atoms with Gasteiger partial charge in [-0.05, 0) is 0 Å². The molecule has 0 N–H and O–H groups in total. The molecule has 0 aromatic carbocycles. The second-order valence-corrected chi connectivity index (χ2v) is 1.49. The van der Waals surface area contributed by atoms with Gasteiger partial charge in [-0.15, -0.1) is 0 Å². The summed E-state index contributed by atoms with van der Waals surface area (Å²) in [6.45, 7) is 0. The lowest BCUT2D eigenvalue weighted by Gasteiger charge is -1.99. The Kier molecular flexibility index (Phi) is 2.95. The van der Waals surface area contributed by atoms with Gasteiger partial charge < -0.3 is 4.90 Å². The highest BCUT2D eigenvalue weighted by atomic mass is 35.5. The number of hydrogen-bond donors (Lipinski definition) is 0. The van der Waals surface area contributed by atoms with E-state index in [1.807, 2.05) is 19.0 Å². The Bertz CT molecular complexity index is 49.5. The second kappa shape index (κ2) is 3.04. The molecule has 6 heavy (non-hydrogen) atoms. The summed E-state index contributed by atoms with van der Waals surface area (Å²) in [6.07, 6.45) is 1.77. The molecule has 0 heterocycles. The van der Waals surface area contributed by atoms with E-state index in [4.69, 9.17) is 11.6 Å². The van der Waals surface area contributed by atoms with Gasteiger partial charge in [-0.3, -0.25) is 0 Å². The average molecular weight is 106 g/mol. The second-order valence-electron chi connectivity index (χ2n) is 1.24.